The molecule has 1 aromatic carbocycles. The molecule has 1 aliphatic rings. The van der Waals surface area contributed by atoms with E-state index < -0.39 is 15.9 Å². The normalized spacial score (nSPS) is 14.9. The maximum absolute atomic E-state index is 12.1. The highest BCUT2D eigenvalue weighted by molar-refractivity contribution is 7.90. The van der Waals surface area contributed by atoms with Gasteiger partial charge in [0.05, 0.1) is 13.7 Å². The Hall–Kier alpha value is -1.80. The first kappa shape index (κ1) is 17.3. The lowest BCUT2D eigenvalue weighted by Gasteiger charge is -2.14. The molecule has 1 amide bonds. The number of amides is 1. The van der Waals surface area contributed by atoms with Crippen LogP contribution in [0.1, 0.15) is 36.2 Å². The van der Waals surface area contributed by atoms with Crippen molar-refractivity contribution in [3.05, 3.63) is 17.2 Å². The number of benzene rings is 1. The van der Waals surface area contributed by atoms with Crippen molar-refractivity contribution in [3.63, 3.8) is 0 Å². The third-order valence-electron chi connectivity index (χ3n) is 3.02. The minimum absolute atomic E-state index is 0. The van der Waals surface area contributed by atoms with E-state index in [0.717, 1.165) is 12.0 Å². The zero-order valence-electron chi connectivity index (χ0n) is 12.6. The molecule has 0 atom stereocenters. The highest BCUT2D eigenvalue weighted by Gasteiger charge is 2.40. The lowest BCUT2D eigenvalue weighted by atomic mass is 10.0. The number of methoxy groups -OCH3 is 1. The first-order valence-corrected chi connectivity index (χ1v) is 7.88. The van der Waals surface area contributed by atoms with Gasteiger partial charge in [0.1, 0.15) is 22.0 Å². The molecule has 0 saturated heterocycles. The first-order chi connectivity index (χ1) is 9.46. The molecule has 8 heteroatoms. The van der Waals surface area contributed by atoms with Crippen LogP contribution in [0.15, 0.2) is 11.0 Å². The molecule has 0 spiro atoms. The van der Waals surface area contributed by atoms with Crippen LogP contribution in [-0.4, -0.2) is 28.0 Å². The molecular weight excluding hydrogens is 296 g/mol. The van der Waals surface area contributed by atoms with Gasteiger partial charge in [-0.1, -0.05) is 13.3 Å². The third-order valence-corrected chi connectivity index (χ3v) is 4.40. The number of quaternary nitrogens is 1. The summed E-state index contributed by atoms with van der Waals surface area (Å²) in [7, 11) is -2.49. The van der Waals surface area contributed by atoms with Crippen molar-refractivity contribution in [2.45, 2.75) is 31.6 Å². The van der Waals surface area contributed by atoms with E-state index in [4.69, 9.17) is 9.47 Å². The van der Waals surface area contributed by atoms with E-state index in [2.05, 4.69) is 0 Å². The van der Waals surface area contributed by atoms with Crippen LogP contribution in [0.2, 0.25) is 0 Å². The Morgan fingerprint density at radius 1 is 1.29 bits per heavy atom. The van der Waals surface area contributed by atoms with Crippen molar-refractivity contribution in [1.82, 2.24) is 10.9 Å². The Labute approximate surface area is 124 Å². The van der Waals surface area contributed by atoms with Crippen LogP contribution in [0.25, 0.3) is 0 Å². The molecule has 0 radical (unpaired) electrons. The third kappa shape index (κ3) is 2.81. The van der Waals surface area contributed by atoms with E-state index >= 15 is 0 Å². The average molecular weight is 317 g/mol. The van der Waals surface area contributed by atoms with Gasteiger partial charge in [-0.25, -0.2) is 13.1 Å². The second-order valence-electron chi connectivity index (χ2n) is 4.39. The summed E-state index contributed by atoms with van der Waals surface area (Å²) in [6.45, 7) is 4.10. The molecule has 118 valence electrons. The van der Waals surface area contributed by atoms with Crippen LogP contribution in [0, 0.1) is 0 Å². The van der Waals surface area contributed by atoms with Crippen molar-refractivity contribution >= 4 is 15.9 Å². The maximum Gasteiger partial charge on any atom is 0.270 e. The summed E-state index contributed by atoms with van der Waals surface area (Å²) in [5.41, 5.74) is 0.751. The molecule has 5 N–H and O–H groups in total. The number of hydrogen-bond acceptors (Lipinski definition) is 5. The highest BCUT2D eigenvalue weighted by Crippen LogP contribution is 2.41. The minimum atomic E-state index is -3.88. The van der Waals surface area contributed by atoms with E-state index in [-0.39, 0.29) is 28.1 Å². The lowest BCUT2D eigenvalue weighted by Crippen LogP contribution is -2.21. The number of carbonyl (C=O) groups excluding carboxylic acids is 1. The zero-order valence-corrected chi connectivity index (χ0v) is 13.5. The van der Waals surface area contributed by atoms with Gasteiger partial charge in [0.25, 0.3) is 15.9 Å². The van der Waals surface area contributed by atoms with Crippen LogP contribution in [-0.2, 0) is 16.4 Å². The molecule has 1 aliphatic heterocycles. The number of ether oxygens (including phenoxy) is 2. The summed E-state index contributed by atoms with van der Waals surface area (Å²) in [6, 6.07) is 1.69. The van der Waals surface area contributed by atoms with Gasteiger partial charge in [-0.2, -0.15) is 0 Å². The van der Waals surface area contributed by atoms with Crippen molar-refractivity contribution < 1.29 is 22.7 Å². The van der Waals surface area contributed by atoms with Crippen LogP contribution < -0.4 is 20.3 Å². The molecule has 0 aliphatic carbocycles. The lowest BCUT2D eigenvalue weighted by molar-refractivity contribution is 0.0981. The molecule has 7 nitrogen and oxygen atoms in total. The fourth-order valence-electron chi connectivity index (χ4n) is 2.31. The number of rotatable bonds is 5. The summed E-state index contributed by atoms with van der Waals surface area (Å²) >= 11 is 0. The summed E-state index contributed by atoms with van der Waals surface area (Å²) in [5, 5.41) is 0. The second-order valence-corrected chi connectivity index (χ2v) is 6.01. The Morgan fingerprint density at radius 2 is 1.95 bits per heavy atom. The average Bonchev–Trinajstić information content (AvgIpc) is 2.61. The minimum Gasteiger partial charge on any atom is -0.495 e. The van der Waals surface area contributed by atoms with Crippen LogP contribution in [0.3, 0.4) is 0 Å². The van der Waals surface area contributed by atoms with E-state index in [1.807, 2.05) is 11.6 Å². The molecule has 21 heavy (non-hydrogen) atoms. The van der Waals surface area contributed by atoms with Gasteiger partial charge in [-0.3, -0.25) is 4.79 Å². The van der Waals surface area contributed by atoms with Gasteiger partial charge < -0.3 is 15.6 Å². The Bertz CT molecular complexity index is 655. The largest absolute Gasteiger partial charge is 0.495 e. The summed E-state index contributed by atoms with van der Waals surface area (Å²) < 4.78 is 36.8. The molecular formula is C13H21N2O5S+. The van der Waals surface area contributed by atoms with Crippen molar-refractivity contribution in [2.75, 3.05) is 13.7 Å². The van der Waals surface area contributed by atoms with Crippen molar-refractivity contribution in [2.24, 2.45) is 0 Å². The molecule has 0 bridgehead atoms. The monoisotopic (exact) mass is 317 g/mol. The predicted octanol–water partition coefficient (Wildman–Crippen LogP) is 1.85. The first-order valence-electron chi connectivity index (χ1n) is 6.40. The zero-order chi connectivity index (χ0) is 14.9. The van der Waals surface area contributed by atoms with Gasteiger partial charge in [0, 0.05) is 0 Å². The van der Waals surface area contributed by atoms with Crippen molar-refractivity contribution in [1.29, 1.82) is 0 Å². The van der Waals surface area contributed by atoms with Gasteiger partial charge >= 0.3 is 0 Å². The van der Waals surface area contributed by atoms with Crippen LogP contribution >= 0.6 is 0 Å². The Kier molecular flexibility index (Phi) is 5.19. The highest BCUT2D eigenvalue weighted by atomic mass is 32.2. The number of fused-ring (bicyclic) bond motifs is 1. The topological polar surface area (TPSA) is 118 Å². The molecule has 0 aromatic heterocycles. The fourth-order valence-corrected chi connectivity index (χ4v) is 3.68. The van der Waals surface area contributed by atoms with Crippen LogP contribution in [0.5, 0.6) is 11.5 Å². The van der Waals surface area contributed by atoms with E-state index in [9.17, 15) is 13.2 Å². The van der Waals surface area contributed by atoms with Gasteiger partial charge in [0.2, 0.25) is 0 Å². The van der Waals surface area contributed by atoms with Gasteiger partial charge in [0.15, 0.2) is 0 Å². The maximum atomic E-state index is 12.1. The SMILES string of the molecule is CCCc1cc(OCC)c2c(c1OC)S(=O)(=O)NC2=O.[NH4+]. The van der Waals surface area contributed by atoms with E-state index in [0.29, 0.717) is 13.0 Å². The molecule has 0 unspecified atom stereocenters. The fraction of sp³-hybridized carbons (Fsp3) is 0.462. The number of carbonyl (C=O) groups is 1. The molecule has 1 aromatic rings. The van der Waals surface area contributed by atoms with E-state index in [1.165, 1.54) is 7.11 Å². The molecule has 2 rings (SSSR count). The summed E-state index contributed by atoms with van der Waals surface area (Å²) in [4.78, 5) is 11.8. The Morgan fingerprint density at radius 3 is 2.48 bits per heavy atom. The Balaban J connectivity index is 0.00000220. The molecule has 0 saturated carbocycles. The van der Waals surface area contributed by atoms with Gasteiger partial charge in [-0.05, 0) is 25.0 Å². The van der Waals surface area contributed by atoms with Crippen molar-refractivity contribution in [3.8, 4) is 11.5 Å². The summed E-state index contributed by atoms with van der Waals surface area (Å²) in [5.74, 6) is -0.168. The predicted molar refractivity (Wildman–Crippen MR) is 78.8 cm³/mol. The number of nitrogens with one attached hydrogen (secondary N) is 1. The quantitative estimate of drug-likeness (QED) is 0.859. The number of aryl methyl sites for hydroxylation is 1. The van der Waals surface area contributed by atoms with E-state index in [1.54, 1.807) is 13.0 Å². The standard InChI is InChI=1S/C13H17NO5S.H3N/c1-4-6-8-7-9(19-5-2)10-12(11(8)18-3)20(16,17)14-13(10)15;/h7H,4-6H2,1-3H3,(H,14,15);1H3/p+1. The second kappa shape index (κ2) is 6.31. The number of hydrogen-bond donors (Lipinski definition) is 2. The smallest absolute Gasteiger partial charge is 0.270 e. The van der Waals surface area contributed by atoms with Gasteiger partial charge in [-0.15, -0.1) is 0 Å². The van der Waals surface area contributed by atoms with Crippen LogP contribution in [0.4, 0.5) is 0 Å². The molecule has 0 fully saturated rings. The summed E-state index contributed by atoms with van der Waals surface area (Å²) in [6.07, 6.45) is 1.46. The number of sulfonamides is 1. The molecule has 1 heterocycles.